The lowest BCUT2D eigenvalue weighted by atomic mass is 10.1. The molecule has 0 radical (unpaired) electrons. The van der Waals surface area contributed by atoms with Gasteiger partial charge in [-0.3, -0.25) is 9.59 Å². The molecule has 5 nitrogen and oxygen atoms in total. The van der Waals surface area contributed by atoms with E-state index in [1.165, 1.54) is 15.6 Å². The Labute approximate surface area is 156 Å². The van der Waals surface area contributed by atoms with E-state index in [1.54, 1.807) is 55.5 Å². The van der Waals surface area contributed by atoms with Gasteiger partial charge in [-0.05, 0) is 19.1 Å². The molecule has 1 heterocycles. The normalized spacial score (nSPS) is 10.7. The van der Waals surface area contributed by atoms with Crippen molar-refractivity contribution in [2.24, 2.45) is 0 Å². The van der Waals surface area contributed by atoms with Crippen LogP contribution < -0.4 is 5.56 Å². The van der Waals surface area contributed by atoms with Gasteiger partial charge in [-0.15, -0.1) is 6.58 Å². The van der Waals surface area contributed by atoms with Crippen molar-refractivity contribution in [1.82, 2.24) is 14.7 Å². The SMILES string of the molecule is C=CCN(Cc1ccccc1F)C(=O)c1nn(CC)c(=O)c2ccccc12. The summed E-state index contributed by atoms with van der Waals surface area (Å²) in [6.45, 7) is 6.14. The molecular formula is C21H20FN3O2. The van der Waals surface area contributed by atoms with Crippen LogP contribution in [-0.4, -0.2) is 27.1 Å². The molecule has 0 spiro atoms. The van der Waals surface area contributed by atoms with Crippen LogP contribution >= 0.6 is 0 Å². The van der Waals surface area contributed by atoms with E-state index >= 15 is 0 Å². The minimum absolute atomic E-state index is 0.0821. The van der Waals surface area contributed by atoms with E-state index in [4.69, 9.17) is 0 Å². The summed E-state index contributed by atoms with van der Waals surface area (Å²) in [7, 11) is 0. The fourth-order valence-electron chi connectivity index (χ4n) is 2.96. The Kier molecular flexibility index (Phi) is 5.45. The number of carbonyl (C=O) groups is 1. The van der Waals surface area contributed by atoms with Crippen LogP contribution in [0.15, 0.2) is 66.0 Å². The Bertz CT molecular complexity index is 1060. The smallest absolute Gasteiger partial charge is 0.275 e. The van der Waals surface area contributed by atoms with Gasteiger partial charge in [0.2, 0.25) is 0 Å². The highest BCUT2D eigenvalue weighted by Crippen LogP contribution is 2.18. The fourth-order valence-corrected chi connectivity index (χ4v) is 2.96. The highest BCUT2D eigenvalue weighted by Gasteiger charge is 2.22. The zero-order chi connectivity index (χ0) is 19.4. The van der Waals surface area contributed by atoms with Crippen LogP contribution in [0.3, 0.4) is 0 Å². The summed E-state index contributed by atoms with van der Waals surface area (Å²) in [6, 6.07) is 13.2. The molecule has 0 aliphatic carbocycles. The first-order chi connectivity index (χ1) is 13.1. The van der Waals surface area contributed by atoms with E-state index in [0.29, 0.717) is 22.9 Å². The van der Waals surface area contributed by atoms with Gasteiger partial charge < -0.3 is 4.90 Å². The van der Waals surface area contributed by atoms with Crippen LogP contribution in [0.1, 0.15) is 23.0 Å². The summed E-state index contributed by atoms with van der Waals surface area (Å²) in [6.07, 6.45) is 1.58. The molecule has 1 amide bonds. The number of hydrogen-bond acceptors (Lipinski definition) is 3. The molecule has 3 rings (SSSR count). The summed E-state index contributed by atoms with van der Waals surface area (Å²) < 4.78 is 15.3. The highest BCUT2D eigenvalue weighted by atomic mass is 19.1. The van der Waals surface area contributed by atoms with Crippen molar-refractivity contribution in [2.75, 3.05) is 6.54 Å². The molecule has 3 aromatic rings. The van der Waals surface area contributed by atoms with Gasteiger partial charge in [-0.1, -0.05) is 42.5 Å². The Morgan fingerprint density at radius 3 is 2.52 bits per heavy atom. The first kappa shape index (κ1) is 18.5. The molecule has 0 saturated carbocycles. The lowest BCUT2D eigenvalue weighted by molar-refractivity contribution is 0.0755. The maximum absolute atomic E-state index is 14.1. The standard InChI is InChI=1S/C21H20FN3O2/c1-3-13-24(14-15-9-5-8-12-18(15)22)21(27)19-16-10-6-7-11-17(16)20(26)25(4-2)23-19/h3,5-12H,1,4,13-14H2,2H3. The molecule has 0 fully saturated rings. The summed E-state index contributed by atoms with van der Waals surface area (Å²) in [4.78, 5) is 27.2. The van der Waals surface area contributed by atoms with Gasteiger partial charge in [0, 0.05) is 30.6 Å². The summed E-state index contributed by atoms with van der Waals surface area (Å²) in [5.41, 5.74) is 0.333. The number of carbonyl (C=O) groups excluding carboxylic acids is 1. The predicted octanol–water partition coefficient (Wildman–Crippen LogP) is 3.38. The van der Waals surface area contributed by atoms with Crippen molar-refractivity contribution in [3.63, 3.8) is 0 Å². The van der Waals surface area contributed by atoms with Crippen LogP contribution in [0.25, 0.3) is 10.8 Å². The number of benzene rings is 2. The summed E-state index contributed by atoms with van der Waals surface area (Å²) >= 11 is 0. The average Bonchev–Trinajstić information content (AvgIpc) is 2.69. The van der Waals surface area contributed by atoms with E-state index in [9.17, 15) is 14.0 Å². The van der Waals surface area contributed by atoms with Crippen LogP contribution in [0, 0.1) is 5.82 Å². The van der Waals surface area contributed by atoms with E-state index in [2.05, 4.69) is 11.7 Å². The van der Waals surface area contributed by atoms with E-state index in [1.807, 2.05) is 0 Å². The molecule has 0 bridgehead atoms. The van der Waals surface area contributed by atoms with Crippen molar-refractivity contribution in [1.29, 1.82) is 0 Å². The van der Waals surface area contributed by atoms with E-state index in [-0.39, 0.29) is 36.1 Å². The molecule has 0 saturated heterocycles. The molecule has 0 aliphatic rings. The molecule has 1 aromatic heterocycles. The maximum atomic E-state index is 14.1. The number of hydrogen-bond donors (Lipinski definition) is 0. The van der Waals surface area contributed by atoms with Crippen LogP contribution in [0.4, 0.5) is 4.39 Å². The third kappa shape index (κ3) is 3.65. The van der Waals surface area contributed by atoms with Crippen molar-refractivity contribution in [3.05, 3.63) is 88.6 Å². The number of fused-ring (bicyclic) bond motifs is 1. The van der Waals surface area contributed by atoms with Gasteiger partial charge >= 0.3 is 0 Å². The van der Waals surface area contributed by atoms with Gasteiger partial charge in [0.15, 0.2) is 5.69 Å². The first-order valence-corrected chi connectivity index (χ1v) is 8.70. The maximum Gasteiger partial charge on any atom is 0.275 e. The number of rotatable bonds is 6. The summed E-state index contributed by atoms with van der Waals surface area (Å²) in [5, 5.41) is 5.19. The Balaban J connectivity index is 2.09. The quantitative estimate of drug-likeness (QED) is 0.629. The molecule has 138 valence electrons. The minimum atomic E-state index is -0.379. The van der Waals surface area contributed by atoms with Gasteiger partial charge in [-0.25, -0.2) is 9.07 Å². The molecule has 0 atom stereocenters. The second-order valence-electron chi connectivity index (χ2n) is 6.08. The number of aryl methyl sites for hydroxylation is 1. The lowest BCUT2D eigenvalue weighted by Crippen LogP contribution is -2.34. The largest absolute Gasteiger partial charge is 0.329 e. The Morgan fingerprint density at radius 2 is 1.85 bits per heavy atom. The second kappa shape index (κ2) is 7.95. The zero-order valence-electron chi connectivity index (χ0n) is 15.1. The number of amides is 1. The van der Waals surface area contributed by atoms with Gasteiger partial charge in [0.25, 0.3) is 11.5 Å². The van der Waals surface area contributed by atoms with Crippen LogP contribution in [-0.2, 0) is 13.1 Å². The van der Waals surface area contributed by atoms with Crippen molar-refractivity contribution in [2.45, 2.75) is 20.0 Å². The number of halogens is 1. The predicted molar refractivity (Wildman–Crippen MR) is 103 cm³/mol. The number of nitrogens with zero attached hydrogens (tertiary/aromatic N) is 3. The topological polar surface area (TPSA) is 55.2 Å². The third-order valence-corrected chi connectivity index (χ3v) is 4.33. The average molecular weight is 365 g/mol. The van der Waals surface area contributed by atoms with Crippen molar-refractivity contribution >= 4 is 16.7 Å². The minimum Gasteiger partial charge on any atom is -0.329 e. The molecular weight excluding hydrogens is 345 g/mol. The van der Waals surface area contributed by atoms with Gasteiger partial charge in [0.05, 0.1) is 5.39 Å². The Hall–Kier alpha value is -3.28. The van der Waals surface area contributed by atoms with Gasteiger partial charge in [0.1, 0.15) is 5.82 Å². The lowest BCUT2D eigenvalue weighted by Gasteiger charge is -2.22. The van der Waals surface area contributed by atoms with Crippen LogP contribution in [0.5, 0.6) is 0 Å². The van der Waals surface area contributed by atoms with E-state index in [0.717, 1.165) is 0 Å². The van der Waals surface area contributed by atoms with Crippen LogP contribution in [0.2, 0.25) is 0 Å². The highest BCUT2D eigenvalue weighted by molar-refractivity contribution is 6.04. The molecule has 0 aliphatic heterocycles. The number of aromatic nitrogens is 2. The second-order valence-corrected chi connectivity index (χ2v) is 6.08. The van der Waals surface area contributed by atoms with Crippen molar-refractivity contribution in [3.8, 4) is 0 Å². The van der Waals surface area contributed by atoms with Gasteiger partial charge in [-0.2, -0.15) is 5.10 Å². The first-order valence-electron chi connectivity index (χ1n) is 8.70. The Morgan fingerprint density at radius 1 is 1.19 bits per heavy atom. The van der Waals surface area contributed by atoms with E-state index < -0.39 is 0 Å². The zero-order valence-corrected chi connectivity index (χ0v) is 15.1. The molecule has 0 unspecified atom stereocenters. The molecule has 6 heteroatoms. The third-order valence-electron chi connectivity index (χ3n) is 4.33. The fraction of sp³-hybridized carbons (Fsp3) is 0.190. The summed E-state index contributed by atoms with van der Waals surface area (Å²) in [5.74, 6) is -0.757. The molecule has 2 aromatic carbocycles. The molecule has 0 N–H and O–H groups in total. The monoisotopic (exact) mass is 365 g/mol. The molecule has 27 heavy (non-hydrogen) atoms. The van der Waals surface area contributed by atoms with Crippen molar-refractivity contribution < 1.29 is 9.18 Å².